The molecule has 1 aromatic heterocycles. The van der Waals surface area contributed by atoms with E-state index in [4.69, 9.17) is 15.2 Å². The van der Waals surface area contributed by atoms with Crippen molar-refractivity contribution in [2.24, 2.45) is 5.73 Å². The highest BCUT2D eigenvalue weighted by atomic mass is 32.1. The first kappa shape index (κ1) is 17.8. The Hall–Kier alpha value is -2.97. The molecule has 2 aromatic carbocycles. The van der Waals surface area contributed by atoms with Gasteiger partial charge in [0.25, 0.3) is 5.69 Å². The molecular formula is C18H17N3O4S. The van der Waals surface area contributed by atoms with Crippen molar-refractivity contribution >= 4 is 17.0 Å². The van der Waals surface area contributed by atoms with E-state index in [9.17, 15) is 10.1 Å². The Morgan fingerprint density at radius 3 is 2.54 bits per heavy atom. The molecule has 0 saturated heterocycles. The molecule has 8 heteroatoms. The molecule has 0 aliphatic carbocycles. The minimum atomic E-state index is -0.404. The summed E-state index contributed by atoms with van der Waals surface area (Å²) in [6, 6.07) is 8.83. The number of nitrogens with two attached hydrogens (primary N) is 1. The van der Waals surface area contributed by atoms with E-state index in [1.807, 2.05) is 12.1 Å². The molecule has 3 rings (SSSR count). The third-order valence-corrected chi connectivity index (χ3v) is 4.80. The van der Waals surface area contributed by atoms with Crippen molar-refractivity contribution in [1.82, 2.24) is 4.98 Å². The molecule has 0 unspecified atom stereocenters. The van der Waals surface area contributed by atoms with Crippen LogP contribution in [0.1, 0.15) is 5.56 Å². The van der Waals surface area contributed by atoms with Gasteiger partial charge in [0, 0.05) is 40.9 Å². The molecule has 1 heterocycles. The van der Waals surface area contributed by atoms with Gasteiger partial charge in [-0.2, -0.15) is 0 Å². The van der Waals surface area contributed by atoms with Crippen LogP contribution in [-0.2, 0) is 6.54 Å². The SMILES string of the molecule is COc1ccc(-c2ccc(CN)c([N+](=O)[O-])c2-c2nccs2)c(OC)c1. The van der Waals surface area contributed by atoms with Crippen LogP contribution in [0.3, 0.4) is 0 Å². The highest BCUT2D eigenvalue weighted by Crippen LogP contribution is 2.45. The first-order chi connectivity index (χ1) is 12.6. The number of nitro groups is 1. The average Bonchev–Trinajstić information content (AvgIpc) is 3.20. The van der Waals surface area contributed by atoms with Crippen LogP contribution in [0.2, 0.25) is 0 Å². The van der Waals surface area contributed by atoms with E-state index < -0.39 is 4.92 Å². The molecule has 0 fully saturated rings. The Bertz CT molecular complexity index is 942. The number of rotatable bonds is 6. The monoisotopic (exact) mass is 371 g/mol. The number of ether oxygens (including phenoxy) is 2. The van der Waals surface area contributed by atoms with Crippen molar-refractivity contribution in [1.29, 1.82) is 0 Å². The lowest BCUT2D eigenvalue weighted by Gasteiger charge is -2.15. The van der Waals surface area contributed by atoms with Crippen LogP contribution < -0.4 is 15.2 Å². The molecular weight excluding hydrogens is 354 g/mol. The van der Waals surface area contributed by atoms with Gasteiger partial charge in [-0.1, -0.05) is 12.1 Å². The van der Waals surface area contributed by atoms with Gasteiger partial charge in [-0.25, -0.2) is 4.98 Å². The summed E-state index contributed by atoms with van der Waals surface area (Å²) in [5.74, 6) is 1.19. The van der Waals surface area contributed by atoms with E-state index >= 15 is 0 Å². The lowest BCUT2D eigenvalue weighted by atomic mass is 9.94. The van der Waals surface area contributed by atoms with E-state index in [1.165, 1.54) is 11.3 Å². The Morgan fingerprint density at radius 2 is 1.96 bits per heavy atom. The molecule has 134 valence electrons. The number of benzene rings is 2. The summed E-state index contributed by atoms with van der Waals surface area (Å²) in [6.07, 6.45) is 1.62. The minimum absolute atomic E-state index is 0.0298. The Morgan fingerprint density at radius 1 is 1.19 bits per heavy atom. The second-order valence-corrected chi connectivity index (χ2v) is 6.26. The zero-order valence-electron chi connectivity index (χ0n) is 14.3. The summed E-state index contributed by atoms with van der Waals surface area (Å²) >= 11 is 1.33. The third kappa shape index (κ3) is 3.12. The zero-order chi connectivity index (χ0) is 18.7. The number of hydrogen-bond donors (Lipinski definition) is 1. The lowest BCUT2D eigenvalue weighted by Crippen LogP contribution is -2.05. The summed E-state index contributed by atoms with van der Waals surface area (Å²) in [6.45, 7) is 0.0642. The topological polar surface area (TPSA) is 101 Å². The molecule has 0 saturated carbocycles. The summed E-state index contributed by atoms with van der Waals surface area (Å²) in [4.78, 5) is 15.7. The van der Waals surface area contributed by atoms with Crippen molar-refractivity contribution in [3.63, 3.8) is 0 Å². The molecule has 26 heavy (non-hydrogen) atoms. The molecule has 0 aliphatic rings. The van der Waals surface area contributed by atoms with Crippen molar-refractivity contribution in [2.75, 3.05) is 14.2 Å². The van der Waals surface area contributed by atoms with Crippen LogP contribution in [0, 0.1) is 10.1 Å². The zero-order valence-corrected chi connectivity index (χ0v) is 15.1. The maximum absolute atomic E-state index is 11.8. The first-order valence-electron chi connectivity index (χ1n) is 7.73. The number of hydrogen-bond acceptors (Lipinski definition) is 7. The van der Waals surface area contributed by atoms with Gasteiger partial charge in [-0.15, -0.1) is 11.3 Å². The fraction of sp³-hybridized carbons (Fsp3) is 0.167. The van der Waals surface area contributed by atoms with E-state index in [0.717, 1.165) is 0 Å². The maximum atomic E-state index is 11.8. The molecule has 0 bridgehead atoms. The number of aromatic nitrogens is 1. The Labute approximate surface area is 154 Å². The second-order valence-electron chi connectivity index (χ2n) is 5.36. The van der Waals surface area contributed by atoms with E-state index in [0.29, 0.717) is 38.8 Å². The smallest absolute Gasteiger partial charge is 0.284 e. The fourth-order valence-electron chi connectivity index (χ4n) is 2.82. The minimum Gasteiger partial charge on any atom is -0.497 e. The molecule has 3 aromatic rings. The molecule has 0 amide bonds. The van der Waals surface area contributed by atoms with E-state index in [2.05, 4.69) is 4.98 Å². The van der Waals surface area contributed by atoms with Crippen LogP contribution >= 0.6 is 11.3 Å². The van der Waals surface area contributed by atoms with Gasteiger partial charge in [0.05, 0.1) is 24.7 Å². The van der Waals surface area contributed by atoms with E-state index in [-0.39, 0.29) is 12.2 Å². The van der Waals surface area contributed by atoms with Gasteiger partial charge >= 0.3 is 0 Å². The predicted octanol–water partition coefficient (Wildman–Crippen LogP) is 3.86. The standard InChI is InChI=1S/C18H17N3O4S/c1-24-12-4-6-13(15(9-12)25-2)14-5-3-11(10-19)17(21(22)23)16(14)18-20-7-8-26-18/h3-9H,10,19H2,1-2H3. The Balaban J connectivity index is 2.36. The number of nitrogens with zero attached hydrogens (tertiary/aromatic N) is 2. The Kier molecular flexibility index (Phi) is 5.15. The molecule has 0 aliphatic heterocycles. The largest absolute Gasteiger partial charge is 0.497 e. The summed E-state index contributed by atoms with van der Waals surface area (Å²) in [5, 5.41) is 14.1. The summed E-state index contributed by atoms with van der Waals surface area (Å²) < 4.78 is 10.7. The average molecular weight is 371 g/mol. The highest BCUT2D eigenvalue weighted by molar-refractivity contribution is 7.13. The molecule has 0 spiro atoms. The molecule has 2 N–H and O–H groups in total. The van der Waals surface area contributed by atoms with Crippen molar-refractivity contribution in [3.8, 4) is 33.2 Å². The molecule has 0 radical (unpaired) electrons. The van der Waals surface area contributed by atoms with Crippen LogP contribution in [0.5, 0.6) is 11.5 Å². The normalized spacial score (nSPS) is 10.6. The third-order valence-electron chi connectivity index (χ3n) is 4.01. The number of methoxy groups -OCH3 is 2. The van der Waals surface area contributed by atoms with Gasteiger partial charge in [-0.05, 0) is 12.1 Å². The first-order valence-corrected chi connectivity index (χ1v) is 8.61. The van der Waals surface area contributed by atoms with Gasteiger partial charge in [0.1, 0.15) is 16.5 Å². The van der Waals surface area contributed by atoms with Crippen molar-refractivity contribution < 1.29 is 14.4 Å². The predicted molar refractivity (Wildman–Crippen MR) is 101 cm³/mol. The quantitative estimate of drug-likeness (QED) is 0.521. The summed E-state index contributed by atoms with van der Waals surface area (Å²) in [5.41, 5.74) is 7.97. The van der Waals surface area contributed by atoms with Crippen LogP contribution in [0.15, 0.2) is 41.9 Å². The van der Waals surface area contributed by atoms with Crippen LogP contribution in [0.25, 0.3) is 21.7 Å². The van der Waals surface area contributed by atoms with Crippen LogP contribution in [-0.4, -0.2) is 24.1 Å². The molecule has 7 nitrogen and oxygen atoms in total. The van der Waals surface area contributed by atoms with E-state index in [1.54, 1.807) is 44.0 Å². The highest BCUT2D eigenvalue weighted by Gasteiger charge is 2.27. The maximum Gasteiger partial charge on any atom is 0.284 e. The van der Waals surface area contributed by atoms with Crippen molar-refractivity contribution in [2.45, 2.75) is 6.54 Å². The summed E-state index contributed by atoms with van der Waals surface area (Å²) in [7, 11) is 3.11. The van der Waals surface area contributed by atoms with Gasteiger partial charge < -0.3 is 15.2 Å². The van der Waals surface area contributed by atoms with Gasteiger partial charge in [0.15, 0.2) is 0 Å². The number of thiazole rings is 1. The lowest BCUT2D eigenvalue weighted by molar-refractivity contribution is -0.384. The molecule has 0 atom stereocenters. The second kappa shape index (κ2) is 7.51. The van der Waals surface area contributed by atoms with Gasteiger partial charge in [-0.3, -0.25) is 10.1 Å². The van der Waals surface area contributed by atoms with Crippen LogP contribution in [0.4, 0.5) is 5.69 Å². The number of nitro benzene ring substituents is 1. The van der Waals surface area contributed by atoms with Gasteiger partial charge in [0.2, 0.25) is 0 Å². The fourth-order valence-corrected chi connectivity index (χ4v) is 3.51. The van der Waals surface area contributed by atoms with Crippen molar-refractivity contribution in [3.05, 3.63) is 57.6 Å².